The molecular formula is C15H21ClN2O3. The Morgan fingerprint density at radius 2 is 1.95 bits per heavy atom. The number of amides is 2. The lowest BCUT2D eigenvalue weighted by Crippen LogP contribution is -2.33. The summed E-state index contributed by atoms with van der Waals surface area (Å²) in [6.07, 6.45) is 0.465. The summed E-state index contributed by atoms with van der Waals surface area (Å²) in [5.74, 6) is -0.610. The van der Waals surface area contributed by atoms with Gasteiger partial charge in [-0.25, -0.2) is 0 Å². The standard InChI is InChI=1S/C15H21ClN2O3/c1-9(2)14(20)18-11-4-5-13(16)12(8-11)15(21)17-10(3)6-7-19/h4-5,8-10,19H,6-7H2,1-3H3,(H,17,21)(H,18,20). The number of aliphatic hydroxyl groups is 1. The lowest BCUT2D eigenvalue weighted by atomic mass is 10.1. The molecule has 0 saturated heterocycles. The van der Waals surface area contributed by atoms with E-state index in [9.17, 15) is 9.59 Å². The number of anilines is 1. The first-order valence-corrected chi connectivity index (χ1v) is 7.25. The maximum absolute atomic E-state index is 12.1. The molecule has 0 radical (unpaired) electrons. The number of rotatable bonds is 6. The van der Waals surface area contributed by atoms with Crippen LogP contribution in [0, 0.1) is 5.92 Å². The second kappa shape index (κ2) is 8.00. The highest BCUT2D eigenvalue weighted by atomic mass is 35.5. The predicted molar refractivity (Wildman–Crippen MR) is 83.6 cm³/mol. The third kappa shape index (κ3) is 5.36. The molecule has 1 atom stereocenters. The van der Waals surface area contributed by atoms with Crippen molar-refractivity contribution in [2.24, 2.45) is 5.92 Å². The molecule has 1 unspecified atom stereocenters. The van der Waals surface area contributed by atoms with Crippen LogP contribution in [0.15, 0.2) is 18.2 Å². The van der Waals surface area contributed by atoms with Gasteiger partial charge in [-0.2, -0.15) is 0 Å². The molecule has 116 valence electrons. The molecule has 0 aliphatic carbocycles. The molecule has 21 heavy (non-hydrogen) atoms. The highest BCUT2D eigenvalue weighted by molar-refractivity contribution is 6.34. The lowest BCUT2D eigenvalue weighted by Gasteiger charge is -2.14. The van der Waals surface area contributed by atoms with Gasteiger partial charge >= 0.3 is 0 Å². The van der Waals surface area contributed by atoms with E-state index < -0.39 is 0 Å². The normalized spacial score (nSPS) is 12.1. The van der Waals surface area contributed by atoms with Crippen molar-refractivity contribution in [2.75, 3.05) is 11.9 Å². The van der Waals surface area contributed by atoms with Crippen LogP contribution in [0.3, 0.4) is 0 Å². The minimum Gasteiger partial charge on any atom is -0.396 e. The SMILES string of the molecule is CC(CCO)NC(=O)c1cc(NC(=O)C(C)C)ccc1Cl. The van der Waals surface area contributed by atoms with E-state index in [2.05, 4.69) is 10.6 Å². The quantitative estimate of drug-likeness (QED) is 0.755. The van der Waals surface area contributed by atoms with E-state index in [1.165, 1.54) is 0 Å². The van der Waals surface area contributed by atoms with Gasteiger partial charge < -0.3 is 15.7 Å². The van der Waals surface area contributed by atoms with Crippen LogP contribution in [-0.2, 0) is 4.79 Å². The molecule has 0 spiro atoms. The van der Waals surface area contributed by atoms with Gasteiger partial charge in [-0.1, -0.05) is 25.4 Å². The molecule has 3 N–H and O–H groups in total. The van der Waals surface area contributed by atoms with Crippen molar-refractivity contribution in [1.82, 2.24) is 5.32 Å². The van der Waals surface area contributed by atoms with Crippen molar-refractivity contribution in [3.8, 4) is 0 Å². The Hall–Kier alpha value is -1.59. The number of carbonyl (C=O) groups is 2. The topological polar surface area (TPSA) is 78.4 Å². The largest absolute Gasteiger partial charge is 0.396 e. The Labute approximate surface area is 129 Å². The summed E-state index contributed by atoms with van der Waals surface area (Å²) in [5.41, 5.74) is 0.820. The minimum absolute atomic E-state index is 0.000333. The molecule has 1 aromatic carbocycles. The number of halogens is 1. The van der Waals surface area contributed by atoms with Gasteiger partial charge in [-0.05, 0) is 31.5 Å². The van der Waals surface area contributed by atoms with E-state index in [0.29, 0.717) is 22.7 Å². The highest BCUT2D eigenvalue weighted by Gasteiger charge is 2.15. The Morgan fingerprint density at radius 1 is 1.29 bits per heavy atom. The molecular weight excluding hydrogens is 292 g/mol. The van der Waals surface area contributed by atoms with E-state index >= 15 is 0 Å². The van der Waals surface area contributed by atoms with Crippen LogP contribution in [0.4, 0.5) is 5.69 Å². The first-order chi connectivity index (χ1) is 9.85. The summed E-state index contributed by atoms with van der Waals surface area (Å²) in [4.78, 5) is 23.8. The number of aliphatic hydroxyl groups excluding tert-OH is 1. The van der Waals surface area contributed by atoms with E-state index in [-0.39, 0.29) is 30.4 Å². The number of benzene rings is 1. The van der Waals surface area contributed by atoms with Crippen molar-refractivity contribution < 1.29 is 14.7 Å². The van der Waals surface area contributed by atoms with Crippen molar-refractivity contribution in [2.45, 2.75) is 33.2 Å². The van der Waals surface area contributed by atoms with Crippen LogP contribution >= 0.6 is 11.6 Å². The average molecular weight is 313 g/mol. The van der Waals surface area contributed by atoms with Crippen LogP contribution in [0.25, 0.3) is 0 Å². The minimum atomic E-state index is -0.332. The number of nitrogens with one attached hydrogen (secondary N) is 2. The fourth-order valence-corrected chi connectivity index (χ4v) is 1.83. The van der Waals surface area contributed by atoms with Gasteiger partial charge in [0.25, 0.3) is 5.91 Å². The fourth-order valence-electron chi connectivity index (χ4n) is 1.63. The molecule has 2 amide bonds. The first kappa shape index (κ1) is 17.5. The van der Waals surface area contributed by atoms with Crippen LogP contribution in [0.1, 0.15) is 37.6 Å². The van der Waals surface area contributed by atoms with E-state index in [4.69, 9.17) is 16.7 Å². The third-order valence-corrected chi connectivity index (χ3v) is 3.27. The van der Waals surface area contributed by atoms with Gasteiger partial charge in [0.1, 0.15) is 0 Å². The van der Waals surface area contributed by atoms with Gasteiger partial charge in [-0.3, -0.25) is 9.59 Å². The summed E-state index contributed by atoms with van der Waals surface area (Å²) < 4.78 is 0. The maximum Gasteiger partial charge on any atom is 0.253 e. The molecule has 0 bridgehead atoms. The lowest BCUT2D eigenvalue weighted by molar-refractivity contribution is -0.118. The molecule has 5 nitrogen and oxygen atoms in total. The average Bonchev–Trinajstić information content (AvgIpc) is 2.40. The van der Waals surface area contributed by atoms with Gasteiger partial charge in [0.2, 0.25) is 5.91 Å². The van der Waals surface area contributed by atoms with E-state index in [1.807, 2.05) is 0 Å². The Kier molecular flexibility index (Phi) is 6.65. The maximum atomic E-state index is 12.1. The zero-order valence-electron chi connectivity index (χ0n) is 12.4. The Morgan fingerprint density at radius 3 is 2.52 bits per heavy atom. The molecule has 0 aliphatic heterocycles. The predicted octanol–water partition coefficient (Wildman–Crippen LogP) is 2.44. The molecule has 0 aliphatic rings. The monoisotopic (exact) mass is 312 g/mol. The molecule has 6 heteroatoms. The molecule has 0 fully saturated rings. The Bertz CT molecular complexity index is 518. The number of hydrogen-bond acceptors (Lipinski definition) is 3. The van der Waals surface area contributed by atoms with Crippen molar-refractivity contribution in [3.63, 3.8) is 0 Å². The molecule has 1 aromatic rings. The van der Waals surface area contributed by atoms with Crippen LogP contribution < -0.4 is 10.6 Å². The summed E-state index contributed by atoms with van der Waals surface area (Å²) in [5, 5.41) is 14.6. The second-order valence-corrected chi connectivity index (χ2v) is 5.63. The second-order valence-electron chi connectivity index (χ2n) is 5.23. The summed E-state index contributed by atoms with van der Waals surface area (Å²) >= 11 is 6.03. The smallest absolute Gasteiger partial charge is 0.253 e. The number of hydrogen-bond donors (Lipinski definition) is 3. The Balaban J connectivity index is 2.86. The summed E-state index contributed by atoms with van der Waals surface area (Å²) in [7, 11) is 0. The van der Waals surface area contributed by atoms with Crippen LogP contribution in [-0.4, -0.2) is 29.6 Å². The van der Waals surface area contributed by atoms with Crippen molar-refractivity contribution >= 4 is 29.1 Å². The van der Waals surface area contributed by atoms with Crippen molar-refractivity contribution in [1.29, 1.82) is 0 Å². The molecule has 0 saturated carbocycles. The molecule has 1 rings (SSSR count). The van der Waals surface area contributed by atoms with E-state index in [1.54, 1.807) is 39.0 Å². The van der Waals surface area contributed by atoms with Gasteiger partial charge in [0.15, 0.2) is 0 Å². The zero-order valence-corrected chi connectivity index (χ0v) is 13.2. The van der Waals surface area contributed by atoms with Gasteiger partial charge in [0, 0.05) is 24.3 Å². The van der Waals surface area contributed by atoms with Gasteiger partial charge in [0.05, 0.1) is 10.6 Å². The summed E-state index contributed by atoms with van der Waals surface area (Å²) in [6, 6.07) is 4.61. The fraction of sp³-hybridized carbons (Fsp3) is 0.467. The van der Waals surface area contributed by atoms with Crippen LogP contribution in [0.2, 0.25) is 5.02 Å². The zero-order chi connectivity index (χ0) is 16.0. The molecule has 0 aromatic heterocycles. The first-order valence-electron chi connectivity index (χ1n) is 6.87. The van der Waals surface area contributed by atoms with Gasteiger partial charge in [-0.15, -0.1) is 0 Å². The summed E-state index contributed by atoms with van der Waals surface area (Å²) in [6.45, 7) is 5.37. The molecule has 0 heterocycles. The van der Waals surface area contributed by atoms with Crippen LogP contribution in [0.5, 0.6) is 0 Å². The number of carbonyl (C=O) groups excluding carboxylic acids is 2. The third-order valence-electron chi connectivity index (χ3n) is 2.94. The van der Waals surface area contributed by atoms with E-state index in [0.717, 1.165) is 0 Å². The highest BCUT2D eigenvalue weighted by Crippen LogP contribution is 2.21. The van der Waals surface area contributed by atoms with Crippen molar-refractivity contribution in [3.05, 3.63) is 28.8 Å².